The molecular weight excluding hydrogens is 310 g/mol. The fourth-order valence-electron chi connectivity index (χ4n) is 2.14. The Kier molecular flexibility index (Phi) is 5.23. The molecule has 3 heterocycles. The average Bonchev–Trinajstić information content (AvgIpc) is 3.12. The van der Waals surface area contributed by atoms with Crippen LogP contribution in [0.15, 0.2) is 48.4 Å². The topological polar surface area (TPSA) is 64.0 Å². The summed E-state index contributed by atoms with van der Waals surface area (Å²) in [5.41, 5.74) is 0.712. The molecule has 7 heteroatoms. The van der Waals surface area contributed by atoms with E-state index in [4.69, 9.17) is 4.74 Å². The highest BCUT2D eigenvalue weighted by molar-refractivity contribution is 7.09. The summed E-state index contributed by atoms with van der Waals surface area (Å²) in [6, 6.07) is 7.87. The van der Waals surface area contributed by atoms with Crippen molar-refractivity contribution in [3.05, 3.63) is 53.2 Å². The smallest absolute Gasteiger partial charge is 0.178 e. The largest absolute Gasteiger partial charge is 0.383 e. The minimum Gasteiger partial charge on any atom is -0.383 e. The molecule has 0 amide bonds. The van der Waals surface area contributed by atoms with Gasteiger partial charge in [0.25, 0.3) is 0 Å². The molecule has 0 saturated heterocycles. The fourth-order valence-corrected chi connectivity index (χ4v) is 2.86. The van der Waals surface area contributed by atoms with E-state index in [0.717, 1.165) is 18.9 Å². The van der Waals surface area contributed by atoms with Gasteiger partial charge in [-0.3, -0.25) is 0 Å². The molecule has 0 bridgehead atoms. The fraction of sp³-hybridized carbons (Fsp3) is 0.250. The van der Waals surface area contributed by atoms with E-state index in [1.54, 1.807) is 43.2 Å². The molecule has 0 unspecified atom stereocenters. The van der Waals surface area contributed by atoms with Crippen molar-refractivity contribution >= 4 is 17.2 Å². The molecular formula is C16H17N5OS. The van der Waals surface area contributed by atoms with Crippen LogP contribution in [0.4, 0.5) is 5.82 Å². The maximum atomic E-state index is 5.22. The first-order valence-electron chi connectivity index (χ1n) is 7.22. The normalized spacial score (nSPS) is 10.7. The van der Waals surface area contributed by atoms with Crippen molar-refractivity contribution < 1.29 is 4.74 Å². The van der Waals surface area contributed by atoms with Crippen LogP contribution >= 0.6 is 11.3 Å². The molecule has 0 fully saturated rings. The average molecular weight is 327 g/mol. The standard InChI is InChI=1S/C16H17N5OS/c1-22-8-7-21(11-13-4-2-9-23-13)15-10-14(19-12-20-15)16-17-5-3-6-18-16/h2-6,9-10,12H,7-8,11H2,1H3. The lowest BCUT2D eigenvalue weighted by molar-refractivity contribution is 0.205. The summed E-state index contributed by atoms with van der Waals surface area (Å²) in [5, 5.41) is 2.08. The first-order valence-corrected chi connectivity index (χ1v) is 8.10. The van der Waals surface area contributed by atoms with Gasteiger partial charge < -0.3 is 9.64 Å². The molecule has 6 nitrogen and oxygen atoms in total. The number of hydrogen-bond donors (Lipinski definition) is 0. The van der Waals surface area contributed by atoms with Crippen LogP contribution in [0.1, 0.15) is 4.88 Å². The monoisotopic (exact) mass is 327 g/mol. The Bertz CT molecular complexity index is 720. The van der Waals surface area contributed by atoms with Crippen molar-refractivity contribution in [3.8, 4) is 11.5 Å². The highest BCUT2D eigenvalue weighted by Gasteiger charge is 2.12. The van der Waals surface area contributed by atoms with Crippen LogP contribution in [0.2, 0.25) is 0 Å². The molecule has 0 aliphatic rings. The Morgan fingerprint density at radius 2 is 2.00 bits per heavy atom. The zero-order valence-corrected chi connectivity index (χ0v) is 13.6. The third kappa shape index (κ3) is 4.08. The van der Waals surface area contributed by atoms with Gasteiger partial charge in [-0.2, -0.15) is 0 Å². The van der Waals surface area contributed by atoms with E-state index in [-0.39, 0.29) is 0 Å². The SMILES string of the molecule is COCCN(Cc1cccs1)c1cc(-c2ncccn2)ncn1. The van der Waals surface area contributed by atoms with Crippen LogP contribution in [0.3, 0.4) is 0 Å². The van der Waals surface area contributed by atoms with E-state index in [1.807, 2.05) is 6.07 Å². The molecule has 3 rings (SSSR count). The van der Waals surface area contributed by atoms with Gasteiger partial charge >= 0.3 is 0 Å². The van der Waals surface area contributed by atoms with Gasteiger partial charge in [-0.15, -0.1) is 11.3 Å². The molecule has 3 aromatic rings. The van der Waals surface area contributed by atoms with Gasteiger partial charge in [0.1, 0.15) is 17.8 Å². The molecule has 0 atom stereocenters. The first kappa shape index (κ1) is 15.5. The van der Waals surface area contributed by atoms with E-state index < -0.39 is 0 Å². The van der Waals surface area contributed by atoms with Crippen LogP contribution in [0.25, 0.3) is 11.5 Å². The quantitative estimate of drug-likeness (QED) is 0.665. The number of nitrogens with zero attached hydrogens (tertiary/aromatic N) is 5. The van der Waals surface area contributed by atoms with Gasteiger partial charge in [0.15, 0.2) is 5.82 Å². The number of hydrogen-bond acceptors (Lipinski definition) is 7. The van der Waals surface area contributed by atoms with E-state index in [2.05, 4.69) is 42.3 Å². The molecule has 0 aromatic carbocycles. The van der Waals surface area contributed by atoms with Crippen molar-refractivity contribution in [1.29, 1.82) is 0 Å². The summed E-state index contributed by atoms with van der Waals surface area (Å²) in [4.78, 5) is 20.6. The Labute approximate surface area is 138 Å². The first-order chi connectivity index (χ1) is 11.4. The highest BCUT2D eigenvalue weighted by Crippen LogP contribution is 2.20. The second kappa shape index (κ2) is 7.75. The van der Waals surface area contributed by atoms with Gasteiger partial charge in [0.05, 0.1) is 13.2 Å². The lowest BCUT2D eigenvalue weighted by Crippen LogP contribution is -2.27. The molecule has 0 aliphatic carbocycles. The van der Waals surface area contributed by atoms with E-state index >= 15 is 0 Å². The van der Waals surface area contributed by atoms with Crippen LogP contribution in [0.5, 0.6) is 0 Å². The summed E-state index contributed by atoms with van der Waals surface area (Å²) >= 11 is 1.73. The van der Waals surface area contributed by atoms with E-state index in [1.165, 1.54) is 4.88 Å². The molecule has 0 N–H and O–H groups in total. The van der Waals surface area contributed by atoms with Crippen LogP contribution < -0.4 is 4.90 Å². The molecule has 0 radical (unpaired) electrons. The second-order valence-electron chi connectivity index (χ2n) is 4.83. The van der Waals surface area contributed by atoms with E-state index in [9.17, 15) is 0 Å². The van der Waals surface area contributed by atoms with Gasteiger partial charge in [-0.25, -0.2) is 19.9 Å². The Morgan fingerprint density at radius 3 is 2.74 bits per heavy atom. The second-order valence-corrected chi connectivity index (χ2v) is 5.86. The predicted molar refractivity (Wildman–Crippen MR) is 90.3 cm³/mol. The predicted octanol–water partition coefficient (Wildman–Crippen LogP) is 2.65. The zero-order chi connectivity index (χ0) is 15.9. The number of anilines is 1. The van der Waals surface area contributed by atoms with E-state index in [0.29, 0.717) is 18.1 Å². The summed E-state index contributed by atoms with van der Waals surface area (Å²) in [6.45, 7) is 2.17. The van der Waals surface area contributed by atoms with Crippen molar-refractivity contribution in [2.24, 2.45) is 0 Å². The molecule has 0 saturated carbocycles. The maximum absolute atomic E-state index is 5.22. The highest BCUT2D eigenvalue weighted by atomic mass is 32.1. The van der Waals surface area contributed by atoms with Crippen molar-refractivity contribution in [2.45, 2.75) is 6.54 Å². The third-order valence-corrected chi connectivity index (χ3v) is 4.12. The van der Waals surface area contributed by atoms with Crippen LogP contribution in [0, 0.1) is 0 Å². The molecule has 0 spiro atoms. The lowest BCUT2D eigenvalue weighted by atomic mass is 10.3. The third-order valence-electron chi connectivity index (χ3n) is 3.26. The number of thiophene rings is 1. The molecule has 118 valence electrons. The lowest BCUT2D eigenvalue weighted by Gasteiger charge is -2.22. The van der Waals surface area contributed by atoms with Gasteiger partial charge in [0, 0.05) is 37.0 Å². The van der Waals surface area contributed by atoms with Crippen molar-refractivity contribution in [2.75, 3.05) is 25.2 Å². The Hall–Kier alpha value is -2.38. The minimum absolute atomic E-state index is 0.596. The van der Waals surface area contributed by atoms with Crippen LogP contribution in [-0.4, -0.2) is 40.2 Å². The Morgan fingerprint density at radius 1 is 1.13 bits per heavy atom. The number of aromatic nitrogens is 4. The Balaban J connectivity index is 1.86. The molecule has 3 aromatic heterocycles. The molecule has 23 heavy (non-hydrogen) atoms. The maximum Gasteiger partial charge on any atom is 0.178 e. The number of methoxy groups -OCH3 is 1. The zero-order valence-electron chi connectivity index (χ0n) is 12.8. The summed E-state index contributed by atoms with van der Waals surface area (Å²) < 4.78 is 5.22. The minimum atomic E-state index is 0.596. The van der Waals surface area contributed by atoms with Crippen molar-refractivity contribution in [3.63, 3.8) is 0 Å². The number of ether oxygens (including phenoxy) is 1. The van der Waals surface area contributed by atoms with Crippen molar-refractivity contribution in [1.82, 2.24) is 19.9 Å². The van der Waals surface area contributed by atoms with Gasteiger partial charge in [-0.05, 0) is 17.5 Å². The molecule has 0 aliphatic heterocycles. The summed E-state index contributed by atoms with van der Waals surface area (Å²) in [7, 11) is 1.70. The van der Waals surface area contributed by atoms with Gasteiger partial charge in [-0.1, -0.05) is 6.07 Å². The summed E-state index contributed by atoms with van der Waals surface area (Å²) in [6.07, 6.45) is 4.96. The van der Waals surface area contributed by atoms with Gasteiger partial charge in [0.2, 0.25) is 0 Å². The number of rotatable bonds is 7. The van der Waals surface area contributed by atoms with Crippen LogP contribution in [-0.2, 0) is 11.3 Å². The summed E-state index contributed by atoms with van der Waals surface area (Å²) in [5.74, 6) is 1.44.